The Balaban J connectivity index is 1.03. The van der Waals surface area contributed by atoms with Gasteiger partial charge in [-0.15, -0.1) is 18.9 Å². The molecule has 2 aromatic heterocycles. The number of aryl methyl sites for hydroxylation is 2. The van der Waals surface area contributed by atoms with E-state index in [4.69, 9.17) is 31.5 Å². The van der Waals surface area contributed by atoms with E-state index < -0.39 is 53.1 Å². The molecule has 0 saturated carbocycles. The highest BCUT2D eigenvalue weighted by molar-refractivity contribution is 7.95. The number of carboxylic acids is 1. The average Bonchev–Trinajstić information content (AvgIpc) is 0.766. The topological polar surface area (TPSA) is 557 Å². The van der Waals surface area contributed by atoms with E-state index in [1.807, 2.05) is 0 Å². The van der Waals surface area contributed by atoms with Crippen molar-refractivity contribution in [2.24, 2.45) is 20.5 Å². The van der Waals surface area contributed by atoms with Crippen LogP contribution in [0.2, 0.25) is 0 Å². The van der Waals surface area contributed by atoms with Gasteiger partial charge in [0, 0.05) is 16.5 Å². The number of nitrogens with one attached hydrogen (secondary N) is 4. The maximum absolute atomic E-state index is 12.9. The summed E-state index contributed by atoms with van der Waals surface area (Å²) in [6.07, 6.45) is 0. The molecule has 0 saturated heterocycles. The van der Waals surface area contributed by atoms with Gasteiger partial charge in [0.2, 0.25) is 23.8 Å². The molecule has 2 heterocycles. The second-order valence-electron chi connectivity index (χ2n) is 18.8. The fourth-order valence-electron chi connectivity index (χ4n) is 8.87. The molecule has 0 amide bonds. The number of phenolic OH excluding ortho intramolecular Hbond substituents is 2. The average molecular weight is 1370 g/mol. The monoisotopic (exact) mass is 1360 g/mol. The quantitative estimate of drug-likeness (QED) is 0.00681. The SMILES string of the molecule is Cc1nc(Nc2ccc(Nc3nc(C)nc(Nc4cc(S(=O)(=O)O)cc5cc(SOOO)c(N=Nc6cc(COO)cc(COO)c6)c(O)c45)n3)c(C(=O)O)c2)nc(Nc2cc(S(=O)(=O)O)cc3cc(SOOO)c(N=Nc4cc(COO)cc(COO)c4)c(O)c23)n1. The Labute approximate surface area is 528 Å². The highest BCUT2D eigenvalue weighted by Gasteiger charge is 2.26. The van der Waals surface area contributed by atoms with E-state index >= 15 is 0 Å². The molecule has 0 aliphatic rings. The third-order valence-electron chi connectivity index (χ3n) is 12.4. The summed E-state index contributed by atoms with van der Waals surface area (Å²) in [5, 5.41) is 123. The number of anilines is 8. The number of aromatic carboxylic acids is 1. The number of carboxylic acid groups (broad SMARTS) is 1. The lowest BCUT2D eigenvalue weighted by Gasteiger charge is -2.16. The molecule has 9 rings (SSSR count). The van der Waals surface area contributed by atoms with Crippen molar-refractivity contribution < 1.29 is 116 Å². The molecule has 93 heavy (non-hydrogen) atoms. The van der Waals surface area contributed by atoms with Crippen molar-refractivity contribution >= 4 is 141 Å². The molecule has 0 aliphatic heterocycles. The summed E-state index contributed by atoms with van der Waals surface area (Å²) >= 11 is 0.593. The number of benzene rings is 7. The van der Waals surface area contributed by atoms with Crippen LogP contribution in [0, 0.1) is 13.8 Å². The van der Waals surface area contributed by atoms with E-state index in [-0.39, 0.29) is 139 Å². The van der Waals surface area contributed by atoms with Crippen LogP contribution in [0.4, 0.5) is 69.3 Å². The van der Waals surface area contributed by atoms with Crippen molar-refractivity contribution in [1.29, 1.82) is 0 Å². The number of fused-ring (bicyclic) bond motifs is 2. The lowest BCUT2D eigenvalue weighted by atomic mass is 10.1. The predicted octanol–water partition coefficient (Wildman–Crippen LogP) is 11.2. The molecule has 0 aliphatic carbocycles. The van der Waals surface area contributed by atoms with Crippen LogP contribution >= 0.6 is 24.1 Å². The van der Waals surface area contributed by atoms with E-state index in [0.717, 1.165) is 30.3 Å². The van der Waals surface area contributed by atoms with Crippen LogP contribution < -0.4 is 21.3 Å². The minimum absolute atomic E-state index is 0.00267. The number of rotatable bonds is 29. The van der Waals surface area contributed by atoms with Crippen molar-refractivity contribution in [3.8, 4) is 11.5 Å². The lowest BCUT2D eigenvalue weighted by molar-refractivity contribution is -0.432. The fourth-order valence-corrected chi connectivity index (χ4v) is 10.9. The van der Waals surface area contributed by atoms with Crippen LogP contribution in [0.15, 0.2) is 131 Å². The van der Waals surface area contributed by atoms with Crippen LogP contribution in [-0.2, 0) is 85.0 Å². The van der Waals surface area contributed by atoms with Gasteiger partial charge in [0.15, 0.2) is 11.5 Å². The molecule has 0 bridgehead atoms. The summed E-state index contributed by atoms with van der Waals surface area (Å²) in [6.45, 7) is 1.60. The van der Waals surface area contributed by atoms with Gasteiger partial charge in [0.05, 0.1) is 77.7 Å². The number of hydrogen-bond donors (Lipinski definition) is 15. The van der Waals surface area contributed by atoms with Crippen molar-refractivity contribution in [3.63, 3.8) is 0 Å². The molecule has 42 heteroatoms. The van der Waals surface area contributed by atoms with Crippen LogP contribution in [0.3, 0.4) is 0 Å². The molecule has 0 spiro atoms. The summed E-state index contributed by atoms with van der Waals surface area (Å²) in [5.74, 6) is -4.04. The van der Waals surface area contributed by atoms with Crippen molar-refractivity contribution in [3.05, 3.63) is 130 Å². The van der Waals surface area contributed by atoms with Gasteiger partial charge in [-0.25, -0.2) is 34.9 Å². The molecule has 9 aromatic rings. The molecule has 0 unspecified atom stereocenters. The fraction of sp³-hybridized carbons (Fsp3) is 0.118. The summed E-state index contributed by atoms with van der Waals surface area (Å²) in [4.78, 5) is 53.9. The molecule has 0 atom stereocenters. The first-order valence-corrected chi connectivity index (χ1v) is 29.8. The van der Waals surface area contributed by atoms with Gasteiger partial charge in [-0.2, -0.15) is 57.0 Å². The smallest absolute Gasteiger partial charge is 0.337 e. The number of nitrogens with zero attached hydrogens (tertiary/aromatic N) is 10. The Morgan fingerprint density at radius 2 is 0.860 bits per heavy atom. The van der Waals surface area contributed by atoms with Crippen molar-refractivity contribution in [2.45, 2.75) is 59.9 Å². The summed E-state index contributed by atoms with van der Waals surface area (Å²) in [7, 11) is -9.99. The van der Waals surface area contributed by atoms with Crippen LogP contribution in [0.1, 0.15) is 44.3 Å². The molecule has 0 fully saturated rings. The molecule has 7 aromatic carbocycles. The first-order valence-electron chi connectivity index (χ1n) is 25.4. The Kier molecular flexibility index (Phi) is 21.8. The number of phenols is 2. The predicted molar refractivity (Wildman–Crippen MR) is 319 cm³/mol. The number of aromatic nitrogens is 6. The molecule has 486 valence electrons. The van der Waals surface area contributed by atoms with Gasteiger partial charge in [-0.1, -0.05) is 22.2 Å². The summed E-state index contributed by atoms with van der Waals surface area (Å²) in [6, 6.07) is 18.8. The first kappa shape index (κ1) is 67.9. The van der Waals surface area contributed by atoms with E-state index in [1.54, 1.807) is 0 Å². The first-order chi connectivity index (χ1) is 44.5. The van der Waals surface area contributed by atoms with Gasteiger partial charge >= 0.3 is 5.97 Å². The molecule has 15 N–H and O–H groups in total. The third-order valence-corrected chi connectivity index (χ3v) is 15.3. The highest BCUT2D eigenvalue weighted by atomic mass is 32.2. The number of azo groups is 2. The van der Waals surface area contributed by atoms with E-state index in [2.05, 4.69) is 110 Å². The Hall–Kier alpha value is -9.49. The zero-order valence-electron chi connectivity index (χ0n) is 46.8. The van der Waals surface area contributed by atoms with Crippen molar-refractivity contribution in [1.82, 2.24) is 29.9 Å². The number of aromatic hydroxyl groups is 2. The zero-order valence-corrected chi connectivity index (χ0v) is 50.1. The number of hydrogen-bond acceptors (Lipinski definition) is 37. The zero-order chi connectivity index (χ0) is 66.7. The van der Waals surface area contributed by atoms with E-state index in [9.17, 15) is 46.1 Å². The van der Waals surface area contributed by atoms with Crippen LogP contribution in [-0.4, -0.2) is 109 Å². The third kappa shape index (κ3) is 17.0. The van der Waals surface area contributed by atoms with Gasteiger partial charge in [0.1, 0.15) is 49.5 Å². The maximum atomic E-state index is 12.9. The van der Waals surface area contributed by atoms with Crippen molar-refractivity contribution in [2.75, 3.05) is 21.3 Å². The Bertz CT molecular complexity index is 4590. The lowest BCUT2D eigenvalue weighted by Crippen LogP contribution is -2.10. The van der Waals surface area contributed by atoms with Gasteiger partial charge in [-0.3, -0.25) is 30.1 Å². The Morgan fingerprint density at radius 3 is 1.22 bits per heavy atom. The number of carbonyl (C=O) groups is 1. The van der Waals surface area contributed by atoms with Crippen LogP contribution in [0.25, 0.3) is 21.5 Å². The molecular formula is C51H44N14O24S4. The van der Waals surface area contributed by atoms with Gasteiger partial charge in [0.25, 0.3) is 20.2 Å². The molecule has 0 radical (unpaired) electrons. The van der Waals surface area contributed by atoms with E-state index in [1.165, 1.54) is 74.5 Å². The summed E-state index contributed by atoms with van der Waals surface area (Å²) in [5.41, 5.74) is -0.154. The second-order valence-corrected chi connectivity index (χ2v) is 23.1. The van der Waals surface area contributed by atoms with Gasteiger partial charge in [-0.05, 0) is 126 Å². The molecule has 38 nitrogen and oxygen atoms in total. The van der Waals surface area contributed by atoms with Gasteiger partial charge < -0.3 is 36.6 Å². The minimum atomic E-state index is -5.00. The molecular weight excluding hydrogens is 1320 g/mol. The highest BCUT2D eigenvalue weighted by Crippen LogP contribution is 2.50. The van der Waals surface area contributed by atoms with E-state index in [0.29, 0.717) is 46.3 Å². The normalized spacial score (nSPS) is 12.0. The second kappa shape index (κ2) is 29.9. The maximum Gasteiger partial charge on any atom is 0.337 e. The standard InChI is InChI=1S/C51H44N14O24S4/c1-22-52-48(60-50(54-22)58-37-16-33(92(76,77)78)11-28-13-39(90-88-86-74)43(45(66)41(28)37)64-62-31-7-24(18-82-70)5-25(8-31)19-83-71)56-30-3-4-36(35(15-30)47(68)69)57-49-53-23(2)55-51(61-49)59-38-17-34(93(79,80)81)12-29-14-40(91-89-87-75)44(46(67)42(29)38)65-63-32-9-26(20-84-72)6-27(10-32)21-85-73/h3-17,66-67,70-75H,18-21H2,1-2H3,(H,68,69)(H,76,77,78)(H,79,80,81)(H2,52,54,56,58,60)(H2,53,55,57,59,61). The largest absolute Gasteiger partial charge is 0.505 e. The Morgan fingerprint density at radius 1 is 0.484 bits per heavy atom. The minimum Gasteiger partial charge on any atom is -0.505 e. The van der Waals surface area contributed by atoms with Crippen LogP contribution in [0.5, 0.6) is 11.5 Å². The summed E-state index contributed by atoms with van der Waals surface area (Å²) < 4.78 is 80.3.